The lowest BCUT2D eigenvalue weighted by molar-refractivity contribution is 0.201. The van der Waals surface area contributed by atoms with Crippen molar-refractivity contribution in [2.24, 2.45) is 0 Å². The fourth-order valence-corrected chi connectivity index (χ4v) is 3.45. The first kappa shape index (κ1) is 17.1. The van der Waals surface area contributed by atoms with E-state index in [1.165, 1.54) is 0 Å². The molecule has 3 rings (SSSR count). The SMILES string of the molecule is [B]NC1CCN(CCn2c(=O)cc(C)c3ccc(OC)cc32)CC1. The summed E-state index contributed by atoms with van der Waals surface area (Å²) in [4.78, 5) is 14.9. The summed E-state index contributed by atoms with van der Waals surface area (Å²) in [5, 5.41) is 3.95. The molecule has 24 heavy (non-hydrogen) atoms. The minimum atomic E-state index is 0.0479. The van der Waals surface area contributed by atoms with Crippen LogP contribution >= 0.6 is 0 Å². The van der Waals surface area contributed by atoms with Crippen molar-refractivity contribution in [3.05, 3.63) is 40.2 Å². The van der Waals surface area contributed by atoms with E-state index in [9.17, 15) is 4.79 Å². The highest BCUT2D eigenvalue weighted by Crippen LogP contribution is 2.22. The number of pyridine rings is 1. The van der Waals surface area contributed by atoms with Gasteiger partial charge in [-0.05, 0) is 56.6 Å². The third kappa shape index (κ3) is 3.49. The number of benzene rings is 1. The van der Waals surface area contributed by atoms with Crippen molar-refractivity contribution in [3.8, 4) is 5.75 Å². The maximum Gasteiger partial charge on any atom is 0.251 e. The van der Waals surface area contributed by atoms with E-state index in [0.29, 0.717) is 12.6 Å². The lowest BCUT2D eigenvalue weighted by atomic mass is 10.0. The molecule has 1 aromatic carbocycles. The Bertz CT molecular complexity index is 767. The van der Waals surface area contributed by atoms with Crippen LogP contribution in [0.1, 0.15) is 18.4 Å². The summed E-state index contributed by atoms with van der Waals surface area (Å²) in [5.41, 5.74) is 1.99. The fraction of sp³-hybridized carbons (Fsp3) is 0.500. The Balaban J connectivity index is 1.82. The smallest absolute Gasteiger partial charge is 0.251 e. The van der Waals surface area contributed by atoms with Crippen molar-refractivity contribution in [2.75, 3.05) is 26.7 Å². The zero-order valence-electron chi connectivity index (χ0n) is 14.4. The highest BCUT2D eigenvalue weighted by molar-refractivity contribution is 6.04. The molecule has 2 heterocycles. The molecular formula is C18H24BN3O2. The Hall–Kier alpha value is -1.79. The third-order valence-electron chi connectivity index (χ3n) is 4.99. The molecule has 5 nitrogen and oxygen atoms in total. The molecule has 0 aliphatic carbocycles. The first-order valence-electron chi connectivity index (χ1n) is 8.49. The van der Waals surface area contributed by atoms with Crippen LogP contribution in [-0.4, -0.2) is 50.2 Å². The lowest BCUT2D eigenvalue weighted by Gasteiger charge is -2.32. The van der Waals surface area contributed by atoms with E-state index < -0.39 is 0 Å². The van der Waals surface area contributed by atoms with Crippen LogP contribution in [0, 0.1) is 6.92 Å². The summed E-state index contributed by atoms with van der Waals surface area (Å²) in [6.45, 7) is 5.55. The van der Waals surface area contributed by atoms with Crippen LogP contribution in [0.3, 0.4) is 0 Å². The molecule has 126 valence electrons. The predicted molar refractivity (Wildman–Crippen MR) is 97.8 cm³/mol. The summed E-state index contributed by atoms with van der Waals surface area (Å²) in [7, 11) is 7.16. The Labute approximate surface area is 144 Å². The Morgan fingerprint density at radius 1 is 1.25 bits per heavy atom. The maximum absolute atomic E-state index is 12.5. The van der Waals surface area contributed by atoms with Gasteiger partial charge in [-0.25, -0.2) is 0 Å². The average Bonchev–Trinajstić information content (AvgIpc) is 2.61. The monoisotopic (exact) mass is 325 g/mol. The number of hydrogen-bond acceptors (Lipinski definition) is 4. The van der Waals surface area contributed by atoms with Gasteiger partial charge in [0.05, 0.1) is 12.6 Å². The molecule has 0 saturated carbocycles. The molecular weight excluding hydrogens is 301 g/mol. The van der Waals surface area contributed by atoms with E-state index in [0.717, 1.165) is 54.7 Å². The zero-order valence-corrected chi connectivity index (χ0v) is 14.4. The molecule has 0 spiro atoms. The standard InChI is InChI=1S/C18H24BN3O2/c1-13-11-18(23)22(17-12-15(24-2)3-4-16(13)17)10-9-21-7-5-14(20-19)6-8-21/h3-4,11-12,14,20H,5-10H2,1-2H3. The van der Waals surface area contributed by atoms with Crippen LogP contribution in [-0.2, 0) is 6.54 Å². The second kappa shape index (κ2) is 7.41. The van der Waals surface area contributed by atoms with Crippen LogP contribution in [0.25, 0.3) is 10.9 Å². The van der Waals surface area contributed by atoms with Crippen molar-refractivity contribution in [1.29, 1.82) is 0 Å². The van der Waals surface area contributed by atoms with E-state index in [2.05, 4.69) is 10.1 Å². The van der Waals surface area contributed by atoms with Gasteiger partial charge in [0.15, 0.2) is 7.98 Å². The van der Waals surface area contributed by atoms with Crippen LogP contribution < -0.4 is 15.5 Å². The molecule has 0 unspecified atom stereocenters. The molecule has 1 fully saturated rings. The van der Waals surface area contributed by atoms with Crippen LogP contribution in [0.5, 0.6) is 5.75 Å². The number of piperidine rings is 1. The number of ether oxygens (including phenoxy) is 1. The first-order valence-corrected chi connectivity index (χ1v) is 8.49. The number of aromatic nitrogens is 1. The highest BCUT2D eigenvalue weighted by Gasteiger charge is 2.17. The van der Waals surface area contributed by atoms with Gasteiger partial charge in [-0.3, -0.25) is 4.79 Å². The molecule has 1 aliphatic rings. The molecule has 0 bridgehead atoms. The number of fused-ring (bicyclic) bond motifs is 1. The normalized spacial score (nSPS) is 16.6. The van der Waals surface area contributed by atoms with Gasteiger partial charge < -0.3 is 19.4 Å². The molecule has 1 N–H and O–H groups in total. The van der Waals surface area contributed by atoms with E-state index in [4.69, 9.17) is 12.7 Å². The Morgan fingerprint density at radius 3 is 2.67 bits per heavy atom. The Kier molecular flexibility index (Phi) is 5.26. The third-order valence-corrected chi connectivity index (χ3v) is 4.99. The number of methoxy groups -OCH3 is 1. The van der Waals surface area contributed by atoms with Crippen molar-refractivity contribution in [3.63, 3.8) is 0 Å². The van der Waals surface area contributed by atoms with Gasteiger partial charge in [-0.1, -0.05) is 0 Å². The zero-order chi connectivity index (χ0) is 17.1. The number of rotatable bonds is 5. The van der Waals surface area contributed by atoms with Gasteiger partial charge in [0, 0.05) is 30.6 Å². The first-order chi connectivity index (χ1) is 11.6. The molecule has 2 aromatic rings. The van der Waals surface area contributed by atoms with Gasteiger partial charge in [-0.15, -0.1) is 0 Å². The average molecular weight is 325 g/mol. The summed E-state index contributed by atoms with van der Waals surface area (Å²) in [6.07, 6.45) is 2.10. The van der Waals surface area contributed by atoms with E-state index in [1.54, 1.807) is 13.2 Å². The number of likely N-dealkylation sites (tertiary alicyclic amines) is 1. The van der Waals surface area contributed by atoms with Crippen LogP contribution in [0.2, 0.25) is 0 Å². The van der Waals surface area contributed by atoms with Gasteiger partial charge in [0.25, 0.3) is 5.56 Å². The fourth-order valence-electron chi connectivity index (χ4n) is 3.45. The number of nitrogens with zero attached hydrogens (tertiary/aromatic N) is 2. The molecule has 2 radical (unpaired) electrons. The van der Waals surface area contributed by atoms with Crippen LogP contribution in [0.4, 0.5) is 0 Å². The maximum atomic E-state index is 12.5. The van der Waals surface area contributed by atoms with Gasteiger partial charge >= 0.3 is 0 Å². The number of hydrogen-bond donors (Lipinski definition) is 1. The second-order valence-electron chi connectivity index (χ2n) is 6.48. The summed E-state index contributed by atoms with van der Waals surface area (Å²) in [6, 6.07) is 8.05. The minimum Gasteiger partial charge on any atom is -0.497 e. The number of aryl methyl sites for hydroxylation is 1. The summed E-state index contributed by atoms with van der Waals surface area (Å²) >= 11 is 0. The second-order valence-corrected chi connectivity index (χ2v) is 6.48. The van der Waals surface area contributed by atoms with Crippen molar-refractivity contribution in [2.45, 2.75) is 32.4 Å². The molecule has 6 heteroatoms. The highest BCUT2D eigenvalue weighted by atomic mass is 16.5. The van der Waals surface area contributed by atoms with Crippen LogP contribution in [0.15, 0.2) is 29.1 Å². The predicted octanol–water partition coefficient (Wildman–Crippen LogP) is 1.46. The molecule has 0 amide bonds. The summed E-state index contributed by atoms with van der Waals surface area (Å²) < 4.78 is 7.19. The topological polar surface area (TPSA) is 46.5 Å². The van der Waals surface area contributed by atoms with E-state index >= 15 is 0 Å². The van der Waals surface area contributed by atoms with Gasteiger partial charge in [0.2, 0.25) is 0 Å². The van der Waals surface area contributed by atoms with Crippen molar-refractivity contribution in [1.82, 2.24) is 14.7 Å². The van der Waals surface area contributed by atoms with Gasteiger partial charge in [0.1, 0.15) is 5.75 Å². The van der Waals surface area contributed by atoms with E-state index in [-0.39, 0.29) is 5.56 Å². The Morgan fingerprint density at radius 2 is 2.00 bits per heavy atom. The molecule has 1 saturated heterocycles. The van der Waals surface area contributed by atoms with Crippen molar-refractivity contribution < 1.29 is 4.74 Å². The van der Waals surface area contributed by atoms with Crippen molar-refractivity contribution >= 4 is 18.9 Å². The molecule has 1 aromatic heterocycles. The molecule has 1 aliphatic heterocycles. The minimum absolute atomic E-state index is 0.0479. The lowest BCUT2D eigenvalue weighted by Crippen LogP contribution is -2.43. The summed E-state index contributed by atoms with van der Waals surface area (Å²) in [5.74, 6) is 0.774. The molecule has 0 atom stereocenters. The van der Waals surface area contributed by atoms with E-state index in [1.807, 2.05) is 29.7 Å². The van der Waals surface area contributed by atoms with Gasteiger partial charge in [-0.2, -0.15) is 0 Å². The quantitative estimate of drug-likeness (QED) is 0.846. The number of nitrogens with one attached hydrogen (secondary N) is 1. The largest absolute Gasteiger partial charge is 0.497 e.